The molecule has 1 aliphatic heterocycles. The van der Waals surface area contributed by atoms with E-state index in [-0.39, 0.29) is 18.4 Å². The number of amides is 1. The molecular formula is C14H16N2O3. The Balaban J connectivity index is 2.22. The Kier molecular flexibility index (Phi) is 4.03. The summed E-state index contributed by atoms with van der Waals surface area (Å²) in [5.74, 6) is 0.0612. The van der Waals surface area contributed by atoms with Crippen molar-refractivity contribution in [2.24, 2.45) is 5.92 Å². The number of nitrogens with zero attached hydrogens (tertiary/aromatic N) is 2. The summed E-state index contributed by atoms with van der Waals surface area (Å²) < 4.78 is 0. The molecule has 2 N–H and O–H groups in total. The molecule has 0 spiro atoms. The van der Waals surface area contributed by atoms with Crippen molar-refractivity contribution in [1.82, 2.24) is 4.90 Å². The molecule has 0 saturated carbocycles. The molecule has 1 aliphatic rings. The van der Waals surface area contributed by atoms with Crippen LogP contribution in [0, 0.1) is 17.2 Å². The third kappa shape index (κ3) is 2.85. The highest BCUT2D eigenvalue weighted by Crippen LogP contribution is 2.32. The number of likely N-dealkylation sites (tertiary alicyclic amines) is 1. The van der Waals surface area contributed by atoms with Crippen LogP contribution in [0.4, 0.5) is 4.79 Å². The number of aliphatic hydroxyl groups is 1. The molecule has 0 unspecified atom stereocenters. The lowest BCUT2D eigenvalue weighted by Crippen LogP contribution is -2.43. The number of carboxylic acid groups (broad SMARTS) is 1. The standard InChI is InChI=1S/C14H16N2O3/c15-7-10-1-3-11(4-2-10)13-8-16(14(18)19)6-5-12(13)9-17/h1-4,12-13,17H,5-6,8-9H2,(H,18,19)/t12-,13-/m0/s1. The highest BCUT2D eigenvalue weighted by atomic mass is 16.4. The molecule has 2 rings (SSSR count). The lowest BCUT2D eigenvalue weighted by Gasteiger charge is -2.36. The van der Waals surface area contributed by atoms with Gasteiger partial charge in [-0.1, -0.05) is 12.1 Å². The molecule has 5 heteroatoms. The molecule has 0 aromatic heterocycles. The van der Waals surface area contributed by atoms with Crippen LogP contribution in [0.1, 0.15) is 23.5 Å². The maximum atomic E-state index is 11.0. The number of rotatable bonds is 2. The van der Waals surface area contributed by atoms with Crippen molar-refractivity contribution in [2.45, 2.75) is 12.3 Å². The first kappa shape index (κ1) is 13.4. The van der Waals surface area contributed by atoms with Crippen molar-refractivity contribution < 1.29 is 15.0 Å². The van der Waals surface area contributed by atoms with Crippen molar-refractivity contribution in [3.63, 3.8) is 0 Å². The van der Waals surface area contributed by atoms with Crippen LogP contribution in [-0.4, -0.2) is 40.9 Å². The molecule has 1 aromatic rings. The van der Waals surface area contributed by atoms with E-state index in [1.165, 1.54) is 4.90 Å². The van der Waals surface area contributed by atoms with Crippen molar-refractivity contribution in [3.8, 4) is 6.07 Å². The molecule has 0 aliphatic carbocycles. The van der Waals surface area contributed by atoms with Crippen molar-refractivity contribution >= 4 is 6.09 Å². The summed E-state index contributed by atoms with van der Waals surface area (Å²) in [5.41, 5.74) is 1.55. The van der Waals surface area contributed by atoms with E-state index in [1.807, 2.05) is 12.1 Å². The van der Waals surface area contributed by atoms with Crippen LogP contribution in [0.25, 0.3) is 0 Å². The van der Waals surface area contributed by atoms with Gasteiger partial charge in [0.2, 0.25) is 0 Å². The molecule has 1 aromatic carbocycles. The summed E-state index contributed by atoms with van der Waals surface area (Å²) in [6.45, 7) is 0.915. The Hall–Kier alpha value is -2.06. The maximum Gasteiger partial charge on any atom is 0.407 e. The van der Waals surface area contributed by atoms with E-state index in [1.54, 1.807) is 12.1 Å². The molecule has 5 nitrogen and oxygen atoms in total. The highest BCUT2D eigenvalue weighted by molar-refractivity contribution is 5.65. The fraction of sp³-hybridized carbons (Fsp3) is 0.429. The summed E-state index contributed by atoms with van der Waals surface area (Å²) in [6, 6.07) is 9.20. The van der Waals surface area contributed by atoms with Gasteiger partial charge in [0, 0.05) is 25.6 Å². The molecule has 1 saturated heterocycles. The number of hydrogen-bond donors (Lipinski definition) is 2. The van der Waals surface area contributed by atoms with Crippen LogP contribution in [0.5, 0.6) is 0 Å². The van der Waals surface area contributed by atoms with Gasteiger partial charge in [-0.05, 0) is 30.0 Å². The number of nitriles is 1. The minimum atomic E-state index is -0.921. The minimum Gasteiger partial charge on any atom is -0.465 e. The number of aliphatic hydroxyl groups excluding tert-OH is 1. The van der Waals surface area contributed by atoms with E-state index < -0.39 is 6.09 Å². The summed E-state index contributed by atoms with van der Waals surface area (Å²) in [7, 11) is 0. The zero-order chi connectivity index (χ0) is 13.8. The monoisotopic (exact) mass is 260 g/mol. The molecule has 0 bridgehead atoms. The fourth-order valence-corrected chi connectivity index (χ4v) is 2.58. The SMILES string of the molecule is N#Cc1ccc([C@@H]2CN(C(=O)O)CC[C@H]2CO)cc1. The maximum absolute atomic E-state index is 11.0. The summed E-state index contributed by atoms with van der Waals surface area (Å²) >= 11 is 0. The zero-order valence-electron chi connectivity index (χ0n) is 10.5. The van der Waals surface area contributed by atoms with Gasteiger partial charge in [0.25, 0.3) is 0 Å². The summed E-state index contributed by atoms with van der Waals surface area (Å²) in [6.07, 6.45) is -0.261. The average molecular weight is 260 g/mol. The largest absolute Gasteiger partial charge is 0.465 e. The van der Waals surface area contributed by atoms with Gasteiger partial charge in [-0.15, -0.1) is 0 Å². The van der Waals surface area contributed by atoms with E-state index in [9.17, 15) is 9.90 Å². The first-order chi connectivity index (χ1) is 9.15. The number of hydrogen-bond acceptors (Lipinski definition) is 3. The van der Waals surface area contributed by atoms with E-state index in [0.717, 1.165) is 5.56 Å². The van der Waals surface area contributed by atoms with Gasteiger partial charge < -0.3 is 15.1 Å². The van der Waals surface area contributed by atoms with Crippen LogP contribution in [0.2, 0.25) is 0 Å². The Morgan fingerprint density at radius 1 is 1.42 bits per heavy atom. The Morgan fingerprint density at radius 3 is 2.63 bits per heavy atom. The van der Waals surface area contributed by atoms with Crippen molar-refractivity contribution in [1.29, 1.82) is 5.26 Å². The van der Waals surface area contributed by atoms with Gasteiger partial charge in [0.15, 0.2) is 0 Å². The van der Waals surface area contributed by atoms with E-state index in [0.29, 0.717) is 25.1 Å². The molecule has 1 fully saturated rings. The number of piperidine rings is 1. The normalized spacial score (nSPS) is 22.8. The third-order valence-electron chi connectivity index (χ3n) is 3.73. The second kappa shape index (κ2) is 5.72. The number of benzene rings is 1. The second-order valence-corrected chi connectivity index (χ2v) is 4.80. The third-order valence-corrected chi connectivity index (χ3v) is 3.73. The predicted molar refractivity (Wildman–Crippen MR) is 68.7 cm³/mol. The zero-order valence-corrected chi connectivity index (χ0v) is 10.5. The van der Waals surface area contributed by atoms with Gasteiger partial charge in [-0.2, -0.15) is 5.26 Å². The molecule has 0 radical (unpaired) electrons. The van der Waals surface area contributed by atoms with E-state index in [4.69, 9.17) is 10.4 Å². The average Bonchev–Trinajstić information content (AvgIpc) is 2.46. The van der Waals surface area contributed by atoms with E-state index >= 15 is 0 Å². The molecule has 2 atom stereocenters. The first-order valence-electron chi connectivity index (χ1n) is 6.24. The lowest BCUT2D eigenvalue weighted by atomic mass is 9.81. The number of carbonyl (C=O) groups is 1. The molecule has 19 heavy (non-hydrogen) atoms. The van der Waals surface area contributed by atoms with Crippen molar-refractivity contribution in [2.75, 3.05) is 19.7 Å². The van der Waals surface area contributed by atoms with Gasteiger partial charge in [-0.25, -0.2) is 4.79 Å². The fourth-order valence-electron chi connectivity index (χ4n) is 2.58. The quantitative estimate of drug-likeness (QED) is 0.846. The minimum absolute atomic E-state index is 0.0115. The summed E-state index contributed by atoms with van der Waals surface area (Å²) in [5, 5.41) is 27.3. The molecule has 100 valence electrons. The van der Waals surface area contributed by atoms with Gasteiger partial charge in [-0.3, -0.25) is 0 Å². The first-order valence-corrected chi connectivity index (χ1v) is 6.24. The van der Waals surface area contributed by atoms with Crippen LogP contribution in [-0.2, 0) is 0 Å². The molecule has 1 heterocycles. The van der Waals surface area contributed by atoms with Crippen LogP contribution in [0.15, 0.2) is 24.3 Å². The second-order valence-electron chi connectivity index (χ2n) is 4.80. The lowest BCUT2D eigenvalue weighted by molar-refractivity contribution is 0.0939. The van der Waals surface area contributed by atoms with Crippen molar-refractivity contribution in [3.05, 3.63) is 35.4 Å². The molecule has 1 amide bonds. The predicted octanol–water partition coefficient (Wildman–Crippen LogP) is 1.63. The van der Waals surface area contributed by atoms with Crippen LogP contribution in [0.3, 0.4) is 0 Å². The highest BCUT2D eigenvalue weighted by Gasteiger charge is 2.31. The van der Waals surface area contributed by atoms with Crippen LogP contribution >= 0.6 is 0 Å². The summed E-state index contributed by atoms with van der Waals surface area (Å²) in [4.78, 5) is 12.4. The van der Waals surface area contributed by atoms with Gasteiger partial charge in [0.1, 0.15) is 0 Å². The Bertz CT molecular complexity index is 492. The van der Waals surface area contributed by atoms with Gasteiger partial charge >= 0.3 is 6.09 Å². The van der Waals surface area contributed by atoms with E-state index in [2.05, 4.69) is 6.07 Å². The smallest absolute Gasteiger partial charge is 0.407 e. The Morgan fingerprint density at radius 2 is 2.11 bits per heavy atom. The topological polar surface area (TPSA) is 84.6 Å². The van der Waals surface area contributed by atoms with Crippen LogP contribution < -0.4 is 0 Å². The van der Waals surface area contributed by atoms with Gasteiger partial charge in [0.05, 0.1) is 11.6 Å². The molecular weight excluding hydrogens is 244 g/mol. The Labute approximate surface area is 111 Å².